The van der Waals surface area contributed by atoms with Crippen molar-refractivity contribution in [2.24, 2.45) is 5.92 Å². The normalized spacial score (nSPS) is 19.7. The van der Waals surface area contributed by atoms with E-state index in [0.717, 1.165) is 32.9 Å². The van der Waals surface area contributed by atoms with E-state index in [4.69, 9.17) is 18.9 Å². The average molecular weight is 657 g/mol. The summed E-state index contributed by atoms with van der Waals surface area (Å²) in [6.45, 7) is 2.10. The SMILES string of the molecule is COC(=O)C(Cc1ccccc1)NC(=O)Nc1ccc(C2OC(CSc3ccccc3OC)C(C)C(c3ccc(CO)cc3)O2)cc1. The van der Waals surface area contributed by atoms with E-state index in [-0.39, 0.29) is 24.7 Å². The van der Waals surface area contributed by atoms with Crippen LogP contribution in [0.2, 0.25) is 0 Å². The van der Waals surface area contributed by atoms with Gasteiger partial charge in [-0.1, -0.05) is 85.8 Å². The van der Waals surface area contributed by atoms with Crippen LogP contribution in [0.5, 0.6) is 5.75 Å². The fourth-order valence-corrected chi connectivity index (χ4v) is 6.65. The Hall–Kier alpha value is -4.35. The Morgan fingerprint density at radius 2 is 1.53 bits per heavy atom. The number of esters is 1. The van der Waals surface area contributed by atoms with Crippen molar-refractivity contribution in [1.29, 1.82) is 0 Å². The van der Waals surface area contributed by atoms with Crippen molar-refractivity contribution in [3.63, 3.8) is 0 Å². The first kappa shape index (κ1) is 34.0. The Balaban J connectivity index is 1.29. The lowest BCUT2D eigenvalue weighted by atomic mass is 9.91. The Kier molecular flexibility index (Phi) is 11.9. The van der Waals surface area contributed by atoms with Crippen molar-refractivity contribution in [3.05, 3.63) is 125 Å². The summed E-state index contributed by atoms with van der Waals surface area (Å²) < 4.78 is 23.6. The van der Waals surface area contributed by atoms with Gasteiger partial charge in [0.2, 0.25) is 0 Å². The quantitative estimate of drug-likeness (QED) is 0.114. The summed E-state index contributed by atoms with van der Waals surface area (Å²) in [6.07, 6.45) is -0.771. The zero-order chi connectivity index (χ0) is 33.2. The van der Waals surface area contributed by atoms with Crippen molar-refractivity contribution in [1.82, 2.24) is 5.32 Å². The third-order valence-electron chi connectivity index (χ3n) is 8.11. The molecular formula is C37H40N2O7S. The number of benzene rings is 4. The van der Waals surface area contributed by atoms with E-state index < -0.39 is 24.3 Å². The van der Waals surface area contributed by atoms with Gasteiger partial charge in [-0.25, -0.2) is 9.59 Å². The number of nitrogens with one attached hydrogen (secondary N) is 2. The number of aliphatic hydroxyl groups is 1. The number of thioether (sulfide) groups is 1. The molecule has 0 saturated carbocycles. The number of anilines is 1. The molecule has 1 aliphatic rings. The summed E-state index contributed by atoms with van der Waals surface area (Å²) in [5.74, 6) is 0.988. The molecule has 1 fully saturated rings. The monoisotopic (exact) mass is 656 g/mol. The number of carbonyl (C=O) groups excluding carboxylic acids is 2. The van der Waals surface area contributed by atoms with Gasteiger partial charge in [0.25, 0.3) is 0 Å². The molecule has 5 atom stereocenters. The van der Waals surface area contributed by atoms with Crippen LogP contribution < -0.4 is 15.4 Å². The van der Waals surface area contributed by atoms with Gasteiger partial charge in [-0.2, -0.15) is 0 Å². The van der Waals surface area contributed by atoms with Crippen LogP contribution in [0.3, 0.4) is 0 Å². The van der Waals surface area contributed by atoms with Crippen LogP contribution in [0.4, 0.5) is 10.5 Å². The summed E-state index contributed by atoms with van der Waals surface area (Å²) in [5, 5.41) is 15.1. The highest BCUT2D eigenvalue weighted by molar-refractivity contribution is 7.99. The molecule has 0 aromatic heterocycles. The summed E-state index contributed by atoms with van der Waals surface area (Å²) in [5.41, 5.74) is 4.07. The van der Waals surface area contributed by atoms with Crippen LogP contribution in [0, 0.1) is 5.92 Å². The first-order valence-electron chi connectivity index (χ1n) is 15.4. The predicted octanol–water partition coefficient (Wildman–Crippen LogP) is 6.68. The molecule has 2 amide bonds. The van der Waals surface area contributed by atoms with Crippen LogP contribution in [0.1, 0.15) is 41.6 Å². The van der Waals surface area contributed by atoms with Crippen LogP contribution in [-0.4, -0.2) is 49.2 Å². The Morgan fingerprint density at radius 3 is 2.21 bits per heavy atom. The number of amides is 2. The molecule has 0 aliphatic carbocycles. The summed E-state index contributed by atoms with van der Waals surface area (Å²) >= 11 is 1.67. The molecule has 5 unspecified atom stereocenters. The molecule has 246 valence electrons. The number of para-hydroxylation sites is 1. The molecule has 1 aliphatic heterocycles. The fraction of sp³-hybridized carbons (Fsp3) is 0.297. The number of rotatable bonds is 12. The highest BCUT2D eigenvalue weighted by atomic mass is 32.2. The summed E-state index contributed by atoms with van der Waals surface area (Å²) in [4.78, 5) is 26.3. The molecule has 0 bridgehead atoms. The average Bonchev–Trinajstić information content (AvgIpc) is 3.11. The molecule has 1 heterocycles. The number of ether oxygens (including phenoxy) is 4. The summed E-state index contributed by atoms with van der Waals surface area (Å²) in [6, 6.07) is 31.0. The van der Waals surface area contributed by atoms with Gasteiger partial charge < -0.3 is 34.7 Å². The number of methoxy groups -OCH3 is 2. The molecule has 0 radical (unpaired) electrons. The molecule has 4 aromatic carbocycles. The number of carbonyl (C=O) groups is 2. The van der Waals surface area contributed by atoms with Gasteiger partial charge in [0.05, 0.1) is 33.0 Å². The zero-order valence-electron chi connectivity index (χ0n) is 26.6. The van der Waals surface area contributed by atoms with Gasteiger partial charge in [-0.3, -0.25) is 0 Å². The molecule has 10 heteroatoms. The first-order valence-corrected chi connectivity index (χ1v) is 16.4. The summed E-state index contributed by atoms with van der Waals surface area (Å²) in [7, 11) is 2.96. The molecule has 3 N–H and O–H groups in total. The number of aliphatic hydroxyl groups excluding tert-OH is 1. The maximum atomic E-state index is 12.9. The number of hydrogen-bond acceptors (Lipinski definition) is 8. The molecule has 5 rings (SSSR count). The van der Waals surface area contributed by atoms with E-state index in [1.54, 1.807) is 31.0 Å². The molecule has 4 aromatic rings. The zero-order valence-corrected chi connectivity index (χ0v) is 27.4. The van der Waals surface area contributed by atoms with Gasteiger partial charge in [0, 0.05) is 34.2 Å². The largest absolute Gasteiger partial charge is 0.496 e. The Morgan fingerprint density at radius 1 is 0.851 bits per heavy atom. The smallest absolute Gasteiger partial charge is 0.328 e. The van der Waals surface area contributed by atoms with E-state index >= 15 is 0 Å². The standard InChI is InChI=1S/C37H40N2O7S/c1-24-32(23-47-33-12-8-7-11-31(33)43-2)45-36(46-34(24)27-15-13-26(22-40)14-16-27)28-17-19-29(20-18-28)38-37(42)39-30(35(41)44-3)21-25-9-5-4-6-10-25/h4-20,24,30,32,34,36,40H,21-23H2,1-3H3,(H2,38,39,42). The van der Waals surface area contributed by atoms with Crippen LogP contribution in [0.25, 0.3) is 0 Å². The Labute approximate surface area is 279 Å². The van der Waals surface area contributed by atoms with Crippen LogP contribution in [-0.2, 0) is 32.0 Å². The highest BCUT2D eigenvalue weighted by Gasteiger charge is 2.38. The van der Waals surface area contributed by atoms with Crippen molar-refractivity contribution >= 4 is 29.4 Å². The second-order valence-corrected chi connectivity index (χ2v) is 12.3. The first-order chi connectivity index (χ1) is 22.9. The second-order valence-electron chi connectivity index (χ2n) is 11.3. The van der Waals surface area contributed by atoms with E-state index in [1.165, 1.54) is 7.11 Å². The van der Waals surface area contributed by atoms with Gasteiger partial charge in [0.15, 0.2) is 6.29 Å². The predicted molar refractivity (Wildman–Crippen MR) is 181 cm³/mol. The minimum absolute atomic E-state index is 0.0247. The third kappa shape index (κ3) is 8.93. The lowest BCUT2D eigenvalue weighted by Crippen LogP contribution is -2.45. The van der Waals surface area contributed by atoms with Gasteiger partial charge >= 0.3 is 12.0 Å². The van der Waals surface area contributed by atoms with Gasteiger partial charge in [-0.05, 0) is 41.0 Å². The minimum Gasteiger partial charge on any atom is -0.496 e. The minimum atomic E-state index is -0.846. The topological polar surface area (TPSA) is 115 Å². The highest BCUT2D eigenvalue weighted by Crippen LogP contribution is 2.43. The van der Waals surface area contributed by atoms with Crippen molar-refractivity contribution < 1.29 is 33.6 Å². The van der Waals surface area contributed by atoms with Crippen molar-refractivity contribution in [2.75, 3.05) is 25.3 Å². The molecule has 47 heavy (non-hydrogen) atoms. The van der Waals surface area contributed by atoms with Gasteiger partial charge in [0.1, 0.15) is 11.8 Å². The number of urea groups is 1. The van der Waals surface area contributed by atoms with Crippen molar-refractivity contribution in [3.8, 4) is 5.75 Å². The fourth-order valence-electron chi connectivity index (χ4n) is 5.45. The van der Waals surface area contributed by atoms with E-state index in [9.17, 15) is 14.7 Å². The number of hydrogen-bond donors (Lipinski definition) is 3. The van der Waals surface area contributed by atoms with E-state index in [0.29, 0.717) is 17.9 Å². The maximum absolute atomic E-state index is 12.9. The molecule has 9 nitrogen and oxygen atoms in total. The maximum Gasteiger partial charge on any atom is 0.328 e. The lowest BCUT2D eigenvalue weighted by Gasteiger charge is -2.41. The van der Waals surface area contributed by atoms with E-state index in [1.807, 2.05) is 91.0 Å². The van der Waals surface area contributed by atoms with E-state index in [2.05, 4.69) is 17.6 Å². The Bertz CT molecular complexity index is 1600. The molecule has 1 saturated heterocycles. The van der Waals surface area contributed by atoms with Gasteiger partial charge in [-0.15, -0.1) is 11.8 Å². The molecular weight excluding hydrogens is 616 g/mol. The third-order valence-corrected chi connectivity index (χ3v) is 9.25. The van der Waals surface area contributed by atoms with Crippen LogP contribution >= 0.6 is 11.8 Å². The molecule has 0 spiro atoms. The van der Waals surface area contributed by atoms with Crippen molar-refractivity contribution in [2.45, 2.75) is 49.4 Å². The van der Waals surface area contributed by atoms with Crippen LogP contribution in [0.15, 0.2) is 108 Å². The second kappa shape index (κ2) is 16.5. The lowest BCUT2D eigenvalue weighted by molar-refractivity contribution is -0.268.